The molecule has 8 nitrogen and oxygen atoms in total. The summed E-state index contributed by atoms with van der Waals surface area (Å²) in [6, 6.07) is 9.13. The molecule has 1 aliphatic heterocycles. The van der Waals surface area contributed by atoms with Gasteiger partial charge in [0.05, 0.1) is 37.2 Å². The Balaban J connectivity index is 1.50. The molecule has 1 amide bonds. The SMILES string of the molecule is N#Cc1cccc(Nc2cnc(C(=O)NCCN3CCOCC3)cn2)c1. The lowest BCUT2D eigenvalue weighted by atomic mass is 10.2. The Hall–Kier alpha value is -3.02. The smallest absolute Gasteiger partial charge is 0.271 e. The molecular weight excluding hydrogens is 332 g/mol. The van der Waals surface area contributed by atoms with Gasteiger partial charge in [-0.2, -0.15) is 5.26 Å². The number of nitriles is 1. The zero-order chi connectivity index (χ0) is 18.2. The number of nitrogens with one attached hydrogen (secondary N) is 2. The highest BCUT2D eigenvalue weighted by Crippen LogP contribution is 2.15. The number of anilines is 2. The van der Waals surface area contributed by atoms with E-state index in [0.717, 1.165) is 38.5 Å². The lowest BCUT2D eigenvalue weighted by Crippen LogP contribution is -2.41. The summed E-state index contributed by atoms with van der Waals surface area (Å²) in [5.41, 5.74) is 1.56. The van der Waals surface area contributed by atoms with Crippen molar-refractivity contribution in [3.63, 3.8) is 0 Å². The van der Waals surface area contributed by atoms with Crippen LogP contribution in [-0.2, 0) is 4.74 Å². The Bertz CT molecular complexity index is 781. The summed E-state index contributed by atoms with van der Waals surface area (Å²) in [5, 5.41) is 14.8. The van der Waals surface area contributed by atoms with Gasteiger partial charge in [0.2, 0.25) is 0 Å². The van der Waals surface area contributed by atoms with E-state index in [-0.39, 0.29) is 11.6 Å². The number of morpholine rings is 1. The number of amides is 1. The van der Waals surface area contributed by atoms with Gasteiger partial charge >= 0.3 is 0 Å². The highest BCUT2D eigenvalue weighted by molar-refractivity contribution is 5.92. The van der Waals surface area contributed by atoms with Crippen LogP contribution in [0.1, 0.15) is 16.1 Å². The molecule has 0 unspecified atom stereocenters. The van der Waals surface area contributed by atoms with Gasteiger partial charge < -0.3 is 15.4 Å². The van der Waals surface area contributed by atoms with Crippen LogP contribution in [0, 0.1) is 11.3 Å². The van der Waals surface area contributed by atoms with Crippen LogP contribution in [0.25, 0.3) is 0 Å². The number of aromatic nitrogens is 2. The Morgan fingerprint density at radius 2 is 2.12 bits per heavy atom. The summed E-state index contributed by atoms with van der Waals surface area (Å²) in [4.78, 5) is 22.7. The number of carbonyl (C=O) groups excluding carboxylic acids is 1. The lowest BCUT2D eigenvalue weighted by Gasteiger charge is -2.26. The van der Waals surface area contributed by atoms with E-state index in [0.29, 0.717) is 17.9 Å². The largest absolute Gasteiger partial charge is 0.379 e. The van der Waals surface area contributed by atoms with Gasteiger partial charge in [-0.15, -0.1) is 0 Å². The first-order chi connectivity index (χ1) is 12.7. The van der Waals surface area contributed by atoms with Crippen LogP contribution in [0.15, 0.2) is 36.7 Å². The molecule has 0 atom stereocenters. The third-order valence-electron chi connectivity index (χ3n) is 3.97. The molecular formula is C18H20N6O2. The third kappa shape index (κ3) is 4.99. The summed E-state index contributed by atoms with van der Waals surface area (Å²) >= 11 is 0. The van der Waals surface area contributed by atoms with Crippen molar-refractivity contribution in [3.05, 3.63) is 47.9 Å². The summed E-state index contributed by atoms with van der Waals surface area (Å²) < 4.78 is 5.29. The molecule has 1 aromatic carbocycles. The zero-order valence-electron chi connectivity index (χ0n) is 14.3. The van der Waals surface area contributed by atoms with E-state index in [1.165, 1.54) is 12.4 Å². The number of hydrogen-bond acceptors (Lipinski definition) is 7. The highest BCUT2D eigenvalue weighted by Gasteiger charge is 2.12. The van der Waals surface area contributed by atoms with Crippen LogP contribution in [0.5, 0.6) is 0 Å². The van der Waals surface area contributed by atoms with Gasteiger partial charge in [-0.3, -0.25) is 9.69 Å². The fourth-order valence-corrected chi connectivity index (χ4v) is 2.57. The fraction of sp³-hybridized carbons (Fsp3) is 0.333. The Labute approximate surface area is 151 Å². The number of nitrogens with zero attached hydrogens (tertiary/aromatic N) is 4. The van der Waals surface area contributed by atoms with E-state index in [4.69, 9.17) is 10.00 Å². The predicted octanol–water partition coefficient (Wildman–Crippen LogP) is 1.15. The topological polar surface area (TPSA) is 103 Å². The van der Waals surface area contributed by atoms with Gasteiger partial charge in [0.15, 0.2) is 0 Å². The quantitative estimate of drug-likeness (QED) is 0.804. The number of hydrogen-bond donors (Lipinski definition) is 2. The molecule has 0 spiro atoms. The van der Waals surface area contributed by atoms with Crippen LogP contribution in [-0.4, -0.2) is 60.2 Å². The van der Waals surface area contributed by atoms with Gasteiger partial charge in [0.25, 0.3) is 5.91 Å². The first kappa shape index (κ1) is 17.8. The van der Waals surface area contributed by atoms with Crippen molar-refractivity contribution in [2.45, 2.75) is 0 Å². The molecule has 1 fully saturated rings. The molecule has 0 saturated carbocycles. The van der Waals surface area contributed by atoms with Crippen LogP contribution in [0.2, 0.25) is 0 Å². The van der Waals surface area contributed by atoms with Crippen LogP contribution in [0.3, 0.4) is 0 Å². The van der Waals surface area contributed by atoms with Crippen LogP contribution in [0.4, 0.5) is 11.5 Å². The molecule has 3 rings (SSSR count). The van der Waals surface area contributed by atoms with Crippen molar-refractivity contribution in [1.82, 2.24) is 20.2 Å². The molecule has 0 radical (unpaired) electrons. The molecule has 0 aliphatic carbocycles. The normalized spacial score (nSPS) is 14.4. The summed E-state index contributed by atoms with van der Waals surface area (Å²) in [7, 11) is 0. The lowest BCUT2D eigenvalue weighted by molar-refractivity contribution is 0.0383. The van der Waals surface area contributed by atoms with Crippen molar-refractivity contribution < 1.29 is 9.53 Å². The van der Waals surface area contributed by atoms with E-state index in [9.17, 15) is 4.79 Å². The average molecular weight is 352 g/mol. The summed E-state index contributed by atoms with van der Waals surface area (Å²) in [5.74, 6) is 0.258. The maximum absolute atomic E-state index is 12.1. The Morgan fingerprint density at radius 1 is 1.27 bits per heavy atom. The zero-order valence-corrected chi connectivity index (χ0v) is 14.3. The fourth-order valence-electron chi connectivity index (χ4n) is 2.57. The van der Waals surface area contributed by atoms with Crippen molar-refractivity contribution >= 4 is 17.4 Å². The highest BCUT2D eigenvalue weighted by atomic mass is 16.5. The average Bonchev–Trinajstić information content (AvgIpc) is 2.69. The minimum Gasteiger partial charge on any atom is -0.379 e. The van der Waals surface area contributed by atoms with E-state index in [1.54, 1.807) is 18.2 Å². The number of rotatable bonds is 6. The van der Waals surface area contributed by atoms with Gasteiger partial charge in [0.1, 0.15) is 11.5 Å². The minimum atomic E-state index is -0.246. The first-order valence-electron chi connectivity index (χ1n) is 8.42. The van der Waals surface area contributed by atoms with Gasteiger partial charge in [-0.05, 0) is 18.2 Å². The van der Waals surface area contributed by atoms with Crippen LogP contribution >= 0.6 is 0 Å². The van der Waals surface area contributed by atoms with E-state index in [1.807, 2.05) is 6.07 Å². The molecule has 2 N–H and O–H groups in total. The predicted molar refractivity (Wildman–Crippen MR) is 96.1 cm³/mol. The first-order valence-corrected chi connectivity index (χ1v) is 8.42. The third-order valence-corrected chi connectivity index (χ3v) is 3.97. The summed E-state index contributed by atoms with van der Waals surface area (Å²) in [6.07, 6.45) is 2.93. The molecule has 8 heteroatoms. The molecule has 1 aliphatic rings. The Morgan fingerprint density at radius 3 is 2.85 bits per heavy atom. The van der Waals surface area contributed by atoms with E-state index < -0.39 is 0 Å². The maximum Gasteiger partial charge on any atom is 0.271 e. The van der Waals surface area contributed by atoms with Crippen molar-refractivity contribution in [1.29, 1.82) is 5.26 Å². The van der Waals surface area contributed by atoms with Crippen molar-refractivity contribution in [2.24, 2.45) is 0 Å². The number of benzene rings is 1. The number of carbonyl (C=O) groups is 1. The second kappa shape index (κ2) is 8.89. The van der Waals surface area contributed by atoms with Gasteiger partial charge in [-0.1, -0.05) is 6.07 Å². The maximum atomic E-state index is 12.1. The molecule has 2 aromatic rings. The standard InChI is InChI=1S/C18H20N6O2/c19-11-14-2-1-3-15(10-14)23-17-13-21-16(12-22-17)18(25)20-4-5-24-6-8-26-9-7-24/h1-3,10,12-13H,4-9H2,(H,20,25)(H,22,23). The molecule has 1 aromatic heterocycles. The van der Waals surface area contributed by atoms with Crippen LogP contribution < -0.4 is 10.6 Å². The second-order valence-corrected chi connectivity index (χ2v) is 5.81. The van der Waals surface area contributed by atoms with Gasteiger partial charge in [-0.25, -0.2) is 9.97 Å². The number of ether oxygens (including phenoxy) is 1. The minimum absolute atomic E-state index is 0.246. The van der Waals surface area contributed by atoms with Gasteiger partial charge in [0, 0.05) is 31.9 Å². The second-order valence-electron chi connectivity index (χ2n) is 5.81. The van der Waals surface area contributed by atoms with Crippen molar-refractivity contribution in [2.75, 3.05) is 44.7 Å². The molecule has 26 heavy (non-hydrogen) atoms. The van der Waals surface area contributed by atoms with E-state index in [2.05, 4.69) is 31.6 Å². The molecule has 1 saturated heterocycles. The monoisotopic (exact) mass is 352 g/mol. The van der Waals surface area contributed by atoms with E-state index >= 15 is 0 Å². The van der Waals surface area contributed by atoms with Crippen molar-refractivity contribution in [3.8, 4) is 6.07 Å². The molecule has 2 heterocycles. The molecule has 134 valence electrons. The Kier molecular flexibility index (Phi) is 6.09. The summed E-state index contributed by atoms with van der Waals surface area (Å²) in [6.45, 7) is 4.61. The molecule has 0 bridgehead atoms.